The molecule has 2 rings (SSSR count). The van der Waals surface area contributed by atoms with Gasteiger partial charge in [-0.05, 0) is 55.7 Å². The summed E-state index contributed by atoms with van der Waals surface area (Å²) in [5.74, 6) is 1.28. The van der Waals surface area contributed by atoms with Crippen LogP contribution in [0, 0.1) is 0 Å². The molecule has 2 unspecified atom stereocenters. The number of hydrogen-bond acceptors (Lipinski definition) is 4. The van der Waals surface area contributed by atoms with Gasteiger partial charge in [0.05, 0.1) is 29.0 Å². The molecule has 0 radical (unpaired) electrons. The smallest absolute Gasteiger partial charge is 0.0707 e. The van der Waals surface area contributed by atoms with Gasteiger partial charge in [-0.2, -0.15) is 16.9 Å². The Labute approximate surface area is 128 Å². The van der Waals surface area contributed by atoms with Gasteiger partial charge in [-0.15, -0.1) is 0 Å². The highest BCUT2D eigenvalue weighted by Crippen LogP contribution is 2.38. The molecule has 6 heteroatoms. The molecule has 0 aliphatic carbocycles. The van der Waals surface area contributed by atoms with E-state index in [0.717, 1.165) is 17.6 Å². The minimum atomic E-state index is 0.381. The Balaban J connectivity index is 2.18. The Bertz CT molecular complexity index is 401. The van der Waals surface area contributed by atoms with Crippen molar-refractivity contribution < 1.29 is 0 Å². The van der Waals surface area contributed by atoms with Crippen molar-refractivity contribution in [3.05, 3.63) is 16.4 Å². The molecule has 1 aromatic rings. The third-order valence-corrected chi connectivity index (χ3v) is 5.61. The maximum absolute atomic E-state index is 4.52. The lowest BCUT2D eigenvalue weighted by Crippen LogP contribution is -2.30. The average molecular weight is 347 g/mol. The molecule has 0 saturated carbocycles. The predicted molar refractivity (Wildman–Crippen MR) is 85.8 cm³/mol. The molecule has 4 nitrogen and oxygen atoms in total. The maximum Gasteiger partial charge on any atom is 0.0707 e. The van der Waals surface area contributed by atoms with E-state index < -0.39 is 0 Å². The highest BCUT2D eigenvalue weighted by molar-refractivity contribution is 9.10. The summed E-state index contributed by atoms with van der Waals surface area (Å²) in [6.45, 7) is 1.94. The number of nitrogens with one attached hydrogen (secondary N) is 1. The minimum absolute atomic E-state index is 0.381. The first-order valence-corrected chi connectivity index (χ1v) is 8.62. The van der Waals surface area contributed by atoms with Gasteiger partial charge >= 0.3 is 0 Å². The van der Waals surface area contributed by atoms with Crippen LogP contribution in [-0.4, -0.2) is 53.4 Å². The van der Waals surface area contributed by atoms with Crippen molar-refractivity contribution in [2.24, 2.45) is 0 Å². The maximum atomic E-state index is 4.52. The van der Waals surface area contributed by atoms with E-state index in [1.165, 1.54) is 24.3 Å². The normalized spacial score (nSPS) is 21.2. The van der Waals surface area contributed by atoms with Crippen LogP contribution < -0.4 is 5.32 Å². The molecule has 0 aromatic carbocycles. The van der Waals surface area contributed by atoms with Gasteiger partial charge in [-0.1, -0.05) is 0 Å². The second-order valence-electron chi connectivity index (χ2n) is 5.22. The summed E-state index contributed by atoms with van der Waals surface area (Å²) in [6.07, 6.45) is 4.55. The van der Waals surface area contributed by atoms with Gasteiger partial charge in [-0.3, -0.25) is 4.68 Å². The topological polar surface area (TPSA) is 33.1 Å². The molecule has 1 aromatic heterocycles. The molecule has 1 aliphatic heterocycles. The summed E-state index contributed by atoms with van der Waals surface area (Å²) in [6, 6.07) is 0.381. The van der Waals surface area contributed by atoms with E-state index in [4.69, 9.17) is 0 Å². The zero-order valence-electron chi connectivity index (χ0n) is 11.9. The molecular weight excluding hydrogens is 324 g/mol. The lowest BCUT2D eigenvalue weighted by Gasteiger charge is -2.24. The fraction of sp³-hybridized carbons (Fsp3) is 0.769. The summed E-state index contributed by atoms with van der Waals surface area (Å²) in [5, 5.41) is 8.67. The Kier molecular flexibility index (Phi) is 5.74. The van der Waals surface area contributed by atoms with Crippen LogP contribution in [0.3, 0.4) is 0 Å². The minimum Gasteiger partial charge on any atom is -0.311 e. The van der Waals surface area contributed by atoms with E-state index in [1.54, 1.807) is 0 Å². The first kappa shape index (κ1) is 15.4. The lowest BCUT2D eigenvalue weighted by atomic mass is 10.1. The molecule has 0 bridgehead atoms. The molecule has 19 heavy (non-hydrogen) atoms. The van der Waals surface area contributed by atoms with Crippen LogP contribution in [0.25, 0.3) is 0 Å². The van der Waals surface area contributed by atoms with Gasteiger partial charge in [0.25, 0.3) is 0 Å². The van der Waals surface area contributed by atoms with Crippen LogP contribution in [0.4, 0.5) is 0 Å². The molecule has 2 atom stereocenters. The van der Waals surface area contributed by atoms with E-state index in [1.807, 2.05) is 6.20 Å². The standard InChI is InChI=1S/C13H23BrN4S/c1-15-12(11-5-4-8-19-11)13-10(14)9-16-18(13)7-6-17(2)3/h9,11-12,15H,4-8H2,1-3H3. The number of nitrogens with zero attached hydrogens (tertiary/aromatic N) is 3. The second kappa shape index (κ2) is 7.11. The van der Waals surface area contributed by atoms with Crippen molar-refractivity contribution in [1.82, 2.24) is 20.0 Å². The largest absolute Gasteiger partial charge is 0.311 e. The number of aromatic nitrogens is 2. The van der Waals surface area contributed by atoms with Gasteiger partial charge in [0, 0.05) is 11.8 Å². The molecule has 0 amide bonds. The monoisotopic (exact) mass is 346 g/mol. The summed E-state index contributed by atoms with van der Waals surface area (Å²) in [4.78, 5) is 2.19. The van der Waals surface area contributed by atoms with Crippen LogP contribution in [-0.2, 0) is 6.54 Å². The fourth-order valence-electron chi connectivity index (χ4n) is 2.52. The number of halogens is 1. The van der Waals surface area contributed by atoms with Crippen molar-refractivity contribution >= 4 is 27.7 Å². The quantitative estimate of drug-likeness (QED) is 0.857. The molecule has 0 spiro atoms. The fourth-order valence-corrected chi connectivity index (χ4v) is 4.49. The summed E-state index contributed by atoms with van der Waals surface area (Å²) in [7, 11) is 6.25. The first-order valence-electron chi connectivity index (χ1n) is 6.78. The van der Waals surface area contributed by atoms with E-state index in [-0.39, 0.29) is 0 Å². The molecule has 1 saturated heterocycles. The van der Waals surface area contributed by atoms with Crippen molar-refractivity contribution in [2.45, 2.75) is 30.7 Å². The molecule has 108 valence electrons. The van der Waals surface area contributed by atoms with Crippen LogP contribution in [0.15, 0.2) is 10.7 Å². The number of hydrogen-bond donors (Lipinski definition) is 1. The molecular formula is C13H23BrN4S. The predicted octanol–water partition coefficient (Wildman–Crippen LogP) is 2.36. The Morgan fingerprint density at radius 1 is 1.63 bits per heavy atom. The van der Waals surface area contributed by atoms with Gasteiger partial charge in [0.1, 0.15) is 0 Å². The summed E-state index contributed by atoms with van der Waals surface area (Å²) >= 11 is 5.75. The van der Waals surface area contributed by atoms with Crippen LogP contribution >= 0.6 is 27.7 Å². The summed E-state index contributed by atoms with van der Waals surface area (Å²) < 4.78 is 3.27. The number of rotatable bonds is 6. The van der Waals surface area contributed by atoms with Crippen LogP contribution in [0.1, 0.15) is 24.6 Å². The highest BCUT2D eigenvalue weighted by atomic mass is 79.9. The van der Waals surface area contributed by atoms with Crippen molar-refractivity contribution in [1.29, 1.82) is 0 Å². The summed E-state index contributed by atoms with van der Waals surface area (Å²) in [5.41, 5.74) is 1.30. The van der Waals surface area contributed by atoms with Crippen molar-refractivity contribution in [2.75, 3.05) is 33.4 Å². The Morgan fingerprint density at radius 2 is 2.42 bits per heavy atom. The van der Waals surface area contributed by atoms with Gasteiger partial charge in [0.15, 0.2) is 0 Å². The number of likely N-dealkylation sites (N-methyl/N-ethyl adjacent to an activating group) is 1. The Hall–Kier alpha value is -0.0400. The van der Waals surface area contributed by atoms with Crippen LogP contribution in [0.2, 0.25) is 0 Å². The third-order valence-electron chi connectivity index (χ3n) is 3.53. The molecule has 1 fully saturated rings. The lowest BCUT2D eigenvalue weighted by molar-refractivity contribution is 0.362. The molecule has 1 aliphatic rings. The zero-order valence-corrected chi connectivity index (χ0v) is 14.3. The highest BCUT2D eigenvalue weighted by Gasteiger charge is 2.29. The van der Waals surface area contributed by atoms with Gasteiger partial charge in [0.2, 0.25) is 0 Å². The van der Waals surface area contributed by atoms with E-state index in [0.29, 0.717) is 11.3 Å². The first-order chi connectivity index (χ1) is 9.13. The third kappa shape index (κ3) is 3.74. The SMILES string of the molecule is CNC(c1c(Br)cnn1CCN(C)C)C1CCCS1. The van der Waals surface area contributed by atoms with Crippen LogP contribution in [0.5, 0.6) is 0 Å². The van der Waals surface area contributed by atoms with Gasteiger partial charge < -0.3 is 10.2 Å². The van der Waals surface area contributed by atoms with E-state index in [9.17, 15) is 0 Å². The zero-order chi connectivity index (χ0) is 13.8. The van der Waals surface area contributed by atoms with E-state index in [2.05, 4.69) is 68.8 Å². The van der Waals surface area contributed by atoms with Gasteiger partial charge in [-0.25, -0.2) is 0 Å². The van der Waals surface area contributed by atoms with Crippen molar-refractivity contribution in [3.8, 4) is 0 Å². The average Bonchev–Trinajstić information content (AvgIpc) is 3.00. The van der Waals surface area contributed by atoms with Crippen molar-refractivity contribution in [3.63, 3.8) is 0 Å². The molecule has 1 N–H and O–H groups in total. The second-order valence-corrected chi connectivity index (χ2v) is 7.42. The van der Waals surface area contributed by atoms with E-state index >= 15 is 0 Å². The molecule has 2 heterocycles. The Morgan fingerprint density at radius 3 is 3.00 bits per heavy atom. The number of thioether (sulfide) groups is 1.